The lowest BCUT2D eigenvalue weighted by atomic mass is 9.99. The summed E-state index contributed by atoms with van der Waals surface area (Å²) >= 11 is 0. The van der Waals surface area contributed by atoms with Gasteiger partial charge in [-0.05, 0) is 31.9 Å². The molecule has 1 saturated heterocycles. The predicted octanol–water partition coefficient (Wildman–Crippen LogP) is 1.43. The molecular weight excluding hydrogens is 346 g/mol. The SMILES string of the molecule is CC#CCOC(N(O)C(=O)C1CCOCC1)S(=O)(=O)c1ccccc1. The van der Waals surface area contributed by atoms with Crippen LogP contribution >= 0.6 is 0 Å². The highest BCUT2D eigenvalue weighted by Crippen LogP contribution is 2.23. The van der Waals surface area contributed by atoms with Gasteiger partial charge in [0.1, 0.15) is 6.61 Å². The molecule has 1 aliphatic rings. The number of rotatable bonds is 6. The Morgan fingerprint density at radius 3 is 2.60 bits per heavy atom. The Morgan fingerprint density at radius 2 is 2.00 bits per heavy atom. The predicted molar refractivity (Wildman–Crippen MR) is 89.0 cm³/mol. The summed E-state index contributed by atoms with van der Waals surface area (Å²) in [6.45, 7) is 2.13. The van der Waals surface area contributed by atoms with E-state index in [2.05, 4.69) is 11.8 Å². The van der Waals surface area contributed by atoms with Gasteiger partial charge in [0.15, 0.2) is 0 Å². The smallest absolute Gasteiger partial charge is 0.265 e. The van der Waals surface area contributed by atoms with Crippen molar-refractivity contribution in [3.8, 4) is 11.8 Å². The molecule has 7 nitrogen and oxygen atoms in total. The van der Waals surface area contributed by atoms with E-state index in [1.165, 1.54) is 12.1 Å². The third-order valence-corrected chi connectivity index (χ3v) is 5.60. The van der Waals surface area contributed by atoms with Crippen LogP contribution in [0.5, 0.6) is 0 Å². The Balaban J connectivity index is 2.27. The minimum Gasteiger partial charge on any atom is -0.381 e. The van der Waals surface area contributed by atoms with Crippen molar-refractivity contribution in [2.45, 2.75) is 30.2 Å². The molecule has 0 aromatic heterocycles. The van der Waals surface area contributed by atoms with Crippen LogP contribution in [0.2, 0.25) is 0 Å². The van der Waals surface area contributed by atoms with E-state index in [4.69, 9.17) is 9.47 Å². The molecule has 0 radical (unpaired) electrons. The first-order chi connectivity index (χ1) is 12.0. The van der Waals surface area contributed by atoms with Crippen LogP contribution < -0.4 is 0 Å². The van der Waals surface area contributed by atoms with Gasteiger partial charge >= 0.3 is 0 Å². The van der Waals surface area contributed by atoms with Crippen molar-refractivity contribution >= 4 is 15.7 Å². The Morgan fingerprint density at radius 1 is 1.36 bits per heavy atom. The fourth-order valence-electron chi connectivity index (χ4n) is 2.44. The molecule has 1 aromatic carbocycles. The summed E-state index contributed by atoms with van der Waals surface area (Å²) in [6, 6.07) is 7.53. The number of nitrogens with zero attached hydrogens (tertiary/aromatic N) is 1. The molecule has 136 valence electrons. The molecule has 1 heterocycles. The highest BCUT2D eigenvalue weighted by atomic mass is 32.2. The monoisotopic (exact) mass is 367 g/mol. The van der Waals surface area contributed by atoms with Crippen molar-refractivity contribution in [3.05, 3.63) is 30.3 Å². The molecule has 1 atom stereocenters. The zero-order valence-corrected chi connectivity index (χ0v) is 14.7. The zero-order chi connectivity index (χ0) is 18.3. The number of carbonyl (C=O) groups is 1. The Bertz CT molecular complexity index is 731. The molecule has 1 aromatic rings. The number of benzene rings is 1. The molecule has 25 heavy (non-hydrogen) atoms. The summed E-state index contributed by atoms with van der Waals surface area (Å²) in [5.41, 5.74) is -1.86. The Kier molecular flexibility index (Phi) is 6.96. The number of carbonyl (C=O) groups excluding carboxylic acids is 1. The highest BCUT2D eigenvalue weighted by molar-refractivity contribution is 7.91. The lowest BCUT2D eigenvalue weighted by Gasteiger charge is -2.29. The summed E-state index contributed by atoms with van der Waals surface area (Å²) in [6.07, 6.45) is 0.839. The van der Waals surface area contributed by atoms with Crippen molar-refractivity contribution in [2.75, 3.05) is 19.8 Å². The van der Waals surface area contributed by atoms with E-state index < -0.39 is 27.2 Å². The molecule has 1 aliphatic heterocycles. The molecule has 1 unspecified atom stereocenters. The van der Waals surface area contributed by atoms with Gasteiger partial charge in [0.25, 0.3) is 11.5 Å². The molecule has 0 saturated carbocycles. The van der Waals surface area contributed by atoms with E-state index in [1.807, 2.05) is 0 Å². The van der Waals surface area contributed by atoms with E-state index in [1.54, 1.807) is 25.1 Å². The molecule has 8 heteroatoms. The van der Waals surface area contributed by atoms with Crippen LogP contribution in [-0.2, 0) is 24.1 Å². The van der Waals surface area contributed by atoms with Crippen LogP contribution in [0.4, 0.5) is 0 Å². The minimum atomic E-state index is -4.13. The van der Waals surface area contributed by atoms with E-state index in [-0.39, 0.29) is 16.6 Å². The Labute approximate surface area is 147 Å². The third kappa shape index (κ3) is 4.80. The van der Waals surface area contributed by atoms with Crippen molar-refractivity contribution in [1.29, 1.82) is 0 Å². The normalized spacial score (nSPS) is 16.6. The van der Waals surface area contributed by atoms with Gasteiger partial charge in [0, 0.05) is 19.1 Å². The summed E-state index contributed by atoms with van der Waals surface area (Å²) in [5, 5.41) is 10.5. The quantitative estimate of drug-likeness (QED) is 0.354. The minimum absolute atomic E-state index is 0.0525. The van der Waals surface area contributed by atoms with Crippen LogP contribution in [0.3, 0.4) is 0 Å². The van der Waals surface area contributed by atoms with Crippen molar-refractivity contribution in [1.82, 2.24) is 5.06 Å². The standard InChI is InChI=1S/C17H21NO6S/c1-2-3-11-24-17(25(21,22)15-7-5-4-6-8-15)18(20)16(19)14-9-12-23-13-10-14/h4-8,14,17,20H,9-13H2,1H3. The van der Waals surface area contributed by atoms with Crippen LogP contribution in [-0.4, -0.2) is 50.0 Å². The number of hydrogen-bond acceptors (Lipinski definition) is 6. The average Bonchev–Trinajstić information content (AvgIpc) is 2.65. The van der Waals surface area contributed by atoms with Crippen LogP contribution in [0.15, 0.2) is 35.2 Å². The average molecular weight is 367 g/mol. The summed E-state index contributed by atoms with van der Waals surface area (Å²) in [5.74, 6) is 3.94. The second kappa shape index (κ2) is 8.97. The second-order valence-electron chi connectivity index (χ2n) is 5.47. The molecule has 1 fully saturated rings. The maximum absolute atomic E-state index is 12.8. The highest BCUT2D eigenvalue weighted by Gasteiger charge is 2.39. The number of hydroxylamine groups is 2. The van der Waals surface area contributed by atoms with E-state index in [0.717, 1.165) is 0 Å². The first kappa shape index (κ1) is 19.4. The fourth-order valence-corrected chi connectivity index (χ4v) is 3.82. The summed E-state index contributed by atoms with van der Waals surface area (Å²) in [7, 11) is -4.13. The fraction of sp³-hybridized carbons (Fsp3) is 0.471. The third-order valence-electron chi connectivity index (χ3n) is 3.81. The molecule has 0 aliphatic carbocycles. The molecule has 0 spiro atoms. The zero-order valence-electron chi connectivity index (χ0n) is 13.9. The van der Waals surface area contributed by atoms with E-state index in [9.17, 15) is 18.4 Å². The molecule has 1 N–H and O–H groups in total. The van der Waals surface area contributed by atoms with E-state index in [0.29, 0.717) is 26.1 Å². The molecule has 2 rings (SSSR count). The van der Waals surface area contributed by atoms with E-state index >= 15 is 0 Å². The van der Waals surface area contributed by atoms with Gasteiger partial charge in [-0.3, -0.25) is 10.0 Å². The molecular formula is C17H21NO6S. The van der Waals surface area contributed by atoms with Gasteiger partial charge in [0.05, 0.1) is 4.90 Å². The number of sulfone groups is 1. The van der Waals surface area contributed by atoms with Crippen molar-refractivity contribution < 1.29 is 27.9 Å². The number of hydrogen-bond donors (Lipinski definition) is 1. The maximum atomic E-state index is 12.8. The molecule has 0 bridgehead atoms. The number of ether oxygens (including phenoxy) is 2. The number of amides is 1. The largest absolute Gasteiger partial charge is 0.381 e. The van der Waals surface area contributed by atoms with Gasteiger partial charge in [-0.1, -0.05) is 24.1 Å². The van der Waals surface area contributed by atoms with Gasteiger partial charge in [-0.15, -0.1) is 5.92 Å². The maximum Gasteiger partial charge on any atom is 0.265 e. The lowest BCUT2D eigenvalue weighted by Crippen LogP contribution is -2.48. The first-order valence-corrected chi connectivity index (χ1v) is 9.43. The summed E-state index contributed by atoms with van der Waals surface area (Å²) < 4.78 is 36.0. The topological polar surface area (TPSA) is 93.1 Å². The van der Waals surface area contributed by atoms with Gasteiger partial charge in [0.2, 0.25) is 9.84 Å². The van der Waals surface area contributed by atoms with Gasteiger partial charge < -0.3 is 9.47 Å². The molecule has 1 amide bonds. The Hall–Kier alpha value is -1.92. The van der Waals surface area contributed by atoms with Crippen LogP contribution in [0.25, 0.3) is 0 Å². The van der Waals surface area contributed by atoms with Crippen LogP contribution in [0, 0.1) is 17.8 Å². The van der Waals surface area contributed by atoms with Gasteiger partial charge in [-0.25, -0.2) is 8.42 Å². The van der Waals surface area contributed by atoms with Crippen molar-refractivity contribution in [3.63, 3.8) is 0 Å². The van der Waals surface area contributed by atoms with Gasteiger partial charge in [-0.2, -0.15) is 5.06 Å². The summed E-state index contributed by atoms with van der Waals surface area (Å²) in [4.78, 5) is 12.4. The first-order valence-electron chi connectivity index (χ1n) is 7.88. The second-order valence-corrected chi connectivity index (χ2v) is 7.44. The van der Waals surface area contributed by atoms with Crippen LogP contribution in [0.1, 0.15) is 19.8 Å². The van der Waals surface area contributed by atoms with Crippen molar-refractivity contribution in [2.24, 2.45) is 5.92 Å². The lowest BCUT2D eigenvalue weighted by molar-refractivity contribution is -0.202.